The molecule has 0 heterocycles. The third-order valence-corrected chi connectivity index (χ3v) is 2.92. The van der Waals surface area contributed by atoms with Crippen molar-refractivity contribution in [1.29, 1.82) is 5.26 Å². The molecule has 100 valence electrons. The molecule has 0 saturated carbocycles. The van der Waals surface area contributed by atoms with Crippen molar-refractivity contribution in [2.45, 2.75) is 0 Å². The molecule has 0 bridgehead atoms. The number of anilines is 1. The number of hydrogen-bond donors (Lipinski definition) is 1. The van der Waals surface area contributed by atoms with Gasteiger partial charge in [-0.2, -0.15) is 5.26 Å². The monoisotopic (exact) mass is 286 g/mol. The molecule has 2 rings (SSSR count). The largest absolute Gasteiger partial charge is 0.496 e. The third kappa shape index (κ3) is 3.08. The summed E-state index contributed by atoms with van der Waals surface area (Å²) in [4.78, 5) is 12.2. The summed E-state index contributed by atoms with van der Waals surface area (Å²) in [5.74, 6) is 0.104. The maximum absolute atomic E-state index is 12.2. The number of ether oxygens (including phenoxy) is 1. The van der Waals surface area contributed by atoms with Crippen LogP contribution in [0.4, 0.5) is 5.69 Å². The number of halogens is 1. The number of nitriles is 1. The fourth-order valence-corrected chi connectivity index (χ4v) is 1.84. The summed E-state index contributed by atoms with van der Waals surface area (Å²) in [6.45, 7) is 0. The lowest BCUT2D eigenvalue weighted by molar-refractivity contribution is 0.102. The number of methoxy groups -OCH3 is 1. The number of amides is 1. The van der Waals surface area contributed by atoms with Crippen molar-refractivity contribution < 1.29 is 9.53 Å². The summed E-state index contributed by atoms with van der Waals surface area (Å²) in [6, 6.07) is 13.4. The van der Waals surface area contributed by atoms with Gasteiger partial charge >= 0.3 is 0 Å². The van der Waals surface area contributed by atoms with Gasteiger partial charge in [0.1, 0.15) is 5.75 Å². The van der Waals surface area contributed by atoms with Gasteiger partial charge in [0.15, 0.2) is 0 Å². The number of nitrogens with zero attached hydrogens (tertiary/aromatic N) is 1. The van der Waals surface area contributed by atoms with Crippen LogP contribution < -0.4 is 10.1 Å². The fraction of sp³-hybridized carbons (Fsp3) is 0.0667. The Morgan fingerprint density at radius 1 is 1.25 bits per heavy atom. The Bertz CT molecular complexity index is 675. The zero-order valence-corrected chi connectivity index (χ0v) is 11.4. The molecule has 0 aromatic heterocycles. The van der Waals surface area contributed by atoms with Crippen LogP contribution in [-0.4, -0.2) is 13.0 Å². The molecule has 0 radical (unpaired) electrons. The van der Waals surface area contributed by atoms with E-state index in [1.54, 1.807) is 42.5 Å². The molecule has 4 nitrogen and oxygen atoms in total. The minimum atomic E-state index is -0.303. The summed E-state index contributed by atoms with van der Waals surface area (Å²) in [6.07, 6.45) is 0. The molecule has 0 fully saturated rings. The van der Waals surface area contributed by atoms with Gasteiger partial charge in [-0.1, -0.05) is 11.6 Å². The van der Waals surface area contributed by atoms with Gasteiger partial charge in [-0.05, 0) is 42.5 Å². The van der Waals surface area contributed by atoms with Gasteiger partial charge in [-0.15, -0.1) is 0 Å². The predicted molar refractivity (Wildman–Crippen MR) is 77.1 cm³/mol. The van der Waals surface area contributed by atoms with E-state index in [0.717, 1.165) is 0 Å². The minimum absolute atomic E-state index is 0.303. The second-order valence-electron chi connectivity index (χ2n) is 3.99. The molecule has 2 aromatic carbocycles. The second kappa shape index (κ2) is 6.09. The first-order chi connectivity index (χ1) is 9.63. The van der Waals surface area contributed by atoms with Crippen LogP contribution in [0.15, 0.2) is 42.5 Å². The van der Waals surface area contributed by atoms with E-state index in [1.165, 1.54) is 7.11 Å². The Balaban J connectivity index is 2.21. The Labute approximate surface area is 121 Å². The van der Waals surface area contributed by atoms with Crippen molar-refractivity contribution in [2.75, 3.05) is 12.4 Å². The van der Waals surface area contributed by atoms with Gasteiger partial charge in [0.05, 0.1) is 24.3 Å². The SMILES string of the molecule is COc1cc(Cl)ccc1C(=O)Nc1ccc(C#N)cc1. The van der Waals surface area contributed by atoms with E-state index in [1.807, 2.05) is 6.07 Å². The highest BCUT2D eigenvalue weighted by Crippen LogP contribution is 2.24. The molecule has 0 unspecified atom stereocenters. The number of carbonyl (C=O) groups is 1. The van der Waals surface area contributed by atoms with Crippen molar-refractivity contribution >= 4 is 23.2 Å². The summed E-state index contributed by atoms with van der Waals surface area (Å²) in [7, 11) is 1.48. The fourth-order valence-electron chi connectivity index (χ4n) is 1.68. The van der Waals surface area contributed by atoms with Crippen LogP contribution in [0.5, 0.6) is 5.75 Å². The highest BCUT2D eigenvalue weighted by molar-refractivity contribution is 6.31. The Kier molecular flexibility index (Phi) is 4.24. The van der Waals surface area contributed by atoms with Crippen molar-refractivity contribution in [1.82, 2.24) is 0 Å². The van der Waals surface area contributed by atoms with Crippen molar-refractivity contribution in [3.05, 3.63) is 58.6 Å². The van der Waals surface area contributed by atoms with Gasteiger partial charge < -0.3 is 10.1 Å². The number of benzene rings is 2. The Morgan fingerprint density at radius 3 is 2.55 bits per heavy atom. The Morgan fingerprint density at radius 2 is 1.95 bits per heavy atom. The Hall–Kier alpha value is -2.51. The van der Waals surface area contributed by atoms with Gasteiger partial charge in [-0.3, -0.25) is 4.79 Å². The van der Waals surface area contributed by atoms with Crippen LogP contribution in [0.1, 0.15) is 15.9 Å². The van der Waals surface area contributed by atoms with Crippen LogP contribution in [-0.2, 0) is 0 Å². The lowest BCUT2D eigenvalue weighted by Crippen LogP contribution is -2.13. The van der Waals surface area contributed by atoms with E-state index in [9.17, 15) is 4.79 Å². The summed E-state index contributed by atoms with van der Waals surface area (Å²) in [5.41, 5.74) is 1.53. The van der Waals surface area contributed by atoms with E-state index >= 15 is 0 Å². The molecular formula is C15H11ClN2O2. The third-order valence-electron chi connectivity index (χ3n) is 2.68. The molecule has 0 aliphatic rings. The highest BCUT2D eigenvalue weighted by atomic mass is 35.5. The maximum Gasteiger partial charge on any atom is 0.259 e. The normalized spacial score (nSPS) is 9.65. The number of rotatable bonds is 3. The molecule has 0 aliphatic carbocycles. The molecule has 1 amide bonds. The molecule has 2 aromatic rings. The molecule has 0 aliphatic heterocycles. The summed E-state index contributed by atoms with van der Waals surface area (Å²) < 4.78 is 5.13. The van der Waals surface area contributed by atoms with Crippen molar-refractivity contribution in [3.63, 3.8) is 0 Å². The first-order valence-electron chi connectivity index (χ1n) is 5.79. The van der Waals surface area contributed by atoms with E-state index in [4.69, 9.17) is 21.6 Å². The van der Waals surface area contributed by atoms with E-state index in [0.29, 0.717) is 27.6 Å². The van der Waals surface area contributed by atoms with Crippen molar-refractivity contribution in [3.8, 4) is 11.8 Å². The van der Waals surface area contributed by atoms with Crippen LogP contribution in [0.3, 0.4) is 0 Å². The lowest BCUT2D eigenvalue weighted by atomic mass is 10.1. The average Bonchev–Trinajstić information content (AvgIpc) is 2.47. The first-order valence-corrected chi connectivity index (χ1v) is 6.17. The molecule has 20 heavy (non-hydrogen) atoms. The van der Waals surface area contributed by atoms with E-state index in [-0.39, 0.29) is 5.91 Å². The van der Waals surface area contributed by atoms with Crippen LogP contribution in [0.25, 0.3) is 0 Å². The summed E-state index contributed by atoms with van der Waals surface area (Å²) >= 11 is 5.85. The zero-order valence-electron chi connectivity index (χ0n) is 10.7. The van der Waals surface area contributed by atoms with Crippen LogP contribution in [0, 0.1) is 11.3 Å². The van der Waals surface area contributed by atoms with Crippen molar-refractivity contribution in [2.24, 2.45) is 0 Å². The minimum Gasteiger partial charge on any atom is -0.496 e. The standard InChI is InChI=1S/C15H11ClN2O2/c1-20-14-8-11(16)4-7-13(14)15(19)18-12-5-2-10(9-17)3-6-12/h2-8H,1H3,(H,18,19). The number of carbonyl (C=O) groups excluding carboxylic acids is 1. The zero-order chi connectivity index (χ0) is 14.5. The van der Waals surface area contributed by atoms with E-state index < -0.39 is 0 Å². The van der Waals surface area contributed by atoms with E-state index in [2.05, 4.69) is 5.32 Å². The number of nitrogens with one attached hydrogen (secondary N) is 1. The van der Waals surface area contributed by atoms with Gasteiger partial charge in [-0.25, -0.2) is 0 Å². The highest BCUT2D eigenvalue weighted by Gasteiger charge is 2.12. The summed E-state index contributed by atoms with van der Waals surface area (Å²) in [5, 5.41) is 11.9. The van der Waals surface area contributed by atoms with Crippen LogP contribution in [0.2, 0.25) is 5.02 Å². The molecule has 1 N–H and O–H groups in total. The molecule has 0 saturated heterocycles. The topological polar surface area (TPSA) is 62.1 Å². The molecular weight excluding hydrogens is 276 g/mol. The predicted octanol–water partition coefficient (Wildman–Crippen LogP) is 3.47. The lowest BCUT2D eigenvalue weighted by Gasteiger charge is -2.09. The van der Waals surface area contributed by atoms with Crippen LogP contribution >= 0.6 is 11.6 Å². The maximum atomic E-state index is 12.2. The van der Waals surface area contributed by atoms with Gasteiger partial charge in [0, 0.05) is 10.7 Å². The quantitative estimate of drug-likeness (QED) is 0.939. The average molecular weight is 287 g/mol. The molecule has 0 atom stereocenters. The first kappa shape index (κ1) is 13.9. The van der Waals surface area contributed by atoms with Gasteiger partial charge in [0.25, 0.3) is 5.91 Å². The molecule has 5 heteroatoms. The number of hydrogen-bond acceptors (Lipinski definition) is 3. The van der Waals surface area contributed by atoms with Gasteiger partial charge in [0.2, 0.25) is 0 Å². The molecule has 0 spiro atoms. The smallest absolute Gasteiger partial charge is 0.259 e. The second-order valence-corrected chi connectivity index (χ2v) is 4.42.